The third-order valence-electron chi connectivity index (χ3n) is 4.95. The van der Waals surface area contributed by atoms with Crippen LogP contribution in [0.4, 0.5) is 0 Å². The first kappa shape index (κ1) is 27.0. The maximum Gasteiger partial charge on any atom is 0.330 e. The molecule has 0 amide bonds. The predicted octanol–water partition coefficient (Wildman–Crippen LogP) is 6.98. The Kier molecular flexibility index (Phi) is 10.6. The van der Waals surface area contributed by atoms with E-state index in [2.05, 4.69) is 13.2 Å². The monoisotopic (exact) mass is 518 g/mol. The lowest BCUT2D eigenvalue weighted by atomic mass is 10.1. The minimum absolute atomic E-state index is 0.0604. The van der Waals surface area contributed by atoms with E-state index in [1.54, 1.807) is 24.3 Å². The summed E-state index contributed by atoms with van der Waals surface area (Å²) in [6, 6.07) is 22.6. The second kappa shape index (κ2) is 14.1. The summed E-state index contributed by atoms with van der Waals surface area (Å²) in [7, 11) is 0. The van der Waals surface area contributed by atoms with Gasteiger partial charge in [-0.1, -0.05) is 37.4 Å². The van der Waals surface area contributed by atoms with Crippen LogP contribution in [0.25, 0.3) is 11.1 Å². The van der Waals surface area contributed by atoms with E-state index in [0.29, 0.717) is 18.8 Å². The quantitative estimate of drug-likeness (QED) is 0.111. The van der Waals surface area contributed by atoms with Crippen molar-refractivity contribution < 1.29 is 23.9 Å². The van der Waals surface area contributed by atoms with Crippen LogP contribution in [0.5, 0.6) is 5.75 Å². The molecule has 0 aliphatic carbocycles. The molecular weight excluding hydrogens is 492 g/mol. The van der Waals surface area contributed by atoms with Gasteiger partial charge in [0, 0.05) is 21.4 Å². The number of hydrogen-bond donors (Lipinski definition) is 0. The number of carbonyl (C=O) groups is 3. The first-order valence-electron chi connectivity index (χ1n) is 11.3. The molecule has 7 heteroatoms. The molecule has 0 bridgehead atoms. The number of carbonyl (C=O) groups excluding carboxylic acids is 3. The van der Waals surface area contributed by atoms with Crippen LogP contribution < -0.4 is 4.74 Å². The molecule has 0 fully saturated rings. The Balaban J connectivity index is 1.47. The van der Waals surface area contributed by atoms with E-state index >= 15 is 0 Å². The zero-order chi connectivity index (χ0) is 25.8. The molecule has 3 aromatic carbocycles. The van der Waals surface area contributed by atoms with Crippen molar-refractivity contribution in [1.82, 2.24) is 0 Å². The summed E-state index contributed by atoms with van der Waals surface area (Å²) >= 11 is 2.24. The first-order chi connectivity index (χ1) is 17.5. The van der Waals surface area contributed by atoms with Crippen LogP contribution in [0.15, 0.2) is 108 Å². The molecule has 5 nitrogen and oxygen atoms in total. The second-order valence-corrected chi connectivity index (χ2v) is 9.64. The van der Waals surface area contributed by atoms with Gasteiger partial charge in [-0.15, -0.1) is 0 Å². The van der Waals surface area contributed by atoms with Gasteiger partial charge in [0.05, 0.1) is 13.2 Å². The largest absolute Gasteiger partial charge is 0.494 e. The van der Waals surface area contributed by atoms with E-state index in [9.17, 15) is 14.4 Å². The lowest BCUT2D eigenvalue weighted by molar-refractivity contribution is -0.137. The highest BCUT2D eigenvalue weighted by Gasteiger charge is 2.10. The van der Waals surface area contributed by atoms with Crippen LogP contribution in [0.1, 0.15) is 23.2 Å². The number of ether oxygens (including phenoxy) is 2. The predicted molar refractivity (Wildman–Crippen MR) is 145 cm³/mol. The van der Waals surface area contributed by atoms with Gasteiger partial charge < -0.3 is 9.47 Å². The molecule has 0 atom stereocenters. The highest BCUT2D eigenvalue weighted by Crippen LogP contribution is 2.28. The molecule has 184 valence electrons. The van der Waals surface area contributed by atoms with Crippen molar-refractivity contribution in [2.24, 2.45) is 0 Å². The number of unbranched alkanes of at least 4 members (excludes halogenated alkanes) is 1. The minimum atomic E-state index is -0.409. The zero-order valence-electron chi connectivity index (χ0n) is 19.7. The summed E-state index contributed by atoms with van der Waals surface area (Å²) < 4.78 is 10.7. The molecule has 0 saturated heterocycles. The van der Waals surface area contributed by atoms with Crippen LogP contribution in [0, 0.1) is 0 Å². The molecule has 0 aliphatic heterocycles. The fourth-order valence-electron chi connectivity index (χ4n) is 3.07. The molecule has 3 aromatic rings. The Hall–Kier alpha value is -3.55. The summed E-state index contributed by atoms with van der Waals surface area (Å²) in [5.74, 6) is 0.367. The Morgan fingerprint density at radius 3 is 1.86 bits per heavy atom. The smallest absolute Gasteiger partial charge is 0.330 e. The van der Waals surface area contributed by atoms with E-state index in [4.69, 9.17) is 9.47 Å². The summed E-state index contributed by atoms with van der Waals surface area (Å²) in [5.41, 5.74) is 2.66. The molecular formula is C29H26O5S2. The van der Waals surface area contributed by atoms with Gasteiger partial charge in [-0.3, -0.25) is 9.59 Å². The normalized spacial score (nSPS) is 10.3. The topological polar surface area (TPSA) is 69.7 Å². The third kappa shape index (κ3) is 8.59. The Morgan fingerprint density at radius 2 is 1.25 bits per heavy atom. The minimum Gasteiger partial charge on any atom is -0.494 e. The Morgan fingerprint density at radius 1 is 0.694 bits per heavy atom. The van der Waals surface area contributed by atoms with Crippen LogP contribution in [-0.2, 0) is 14.3 Å². The molecule has 0 heterocycles. The van der Waals surface area contributed by atoms with Gasteiger partial charge in [-0.25, -0.2) is 4.79 Å². The first-order valence-corrected chi connectivity index (χ1v) is 12.9. The standard InChI is InChI=1S/C29H26O5S2/c1-3-27(30)34-20-6-5-19-33-24-13-7-21(8-14-24)22-9-15-26(16-10-22)36-29(32)23-11-17-25(18-12-23)35-28(31)4-2/h3-4,7-18H,1-2,5-6,19-20H2. The molecule has 0 saturated carbocycles. The van der Waals surface area contributed by atoms with E-state index in [0.717, 1.165) is 69.1 Å². The van der Waals surface area contributed by atoms with Gasteiger partial charge in [0.2, 0.25) is 10.2 Å². The lowest BCUT2D eigenvalue weighted by Crippen LogP contribution is -2.04. The molecule has 36 heavy (non-hydrogen) atoms. The van der Waals surface area contributed by atoms with E-state index in [-0.39, 0.29) is 10.2 Å². The van der Waals surface area contributed by atoms with E-state index in [1.807, 2.05) is 48.5 Å². The Bertz CT molecular complexity index is 1200. The van der Waals surface area contributed by atoms with Crippen molar-refractivity contribution in [3.8, 4) is 16.9 Å². The van der Waals surface area contributed by atoms with Gasteiger partial charge in [-0.2, -0.15) is 0 Å². The average molecular weight is 519 g/mol. The van der Waals surface area contributed by atoms with Crippen LogP contribution in [-0.4, -0.2) is 29.4 Å². The number of esters is 1. The average Bonchev–Trinajstić information content (AvgIpc) is 2.91. The third-order valence-corrected chi connectivity index (χ3v) is 6.75. The van der Waals surface area contributed by atoms with Gasteiger partial charge >= 0.3 is 5.97 Å². The summed E-state index contributed by atoms with van der Waals surface area (Å²) in [6.07, 6.45) is 3.93. The zero-order valence-corrected chi connectivity index (χ0v) is 21.3. The van der Waals surface area contributed by atoms with Gasteiger partial charge in [0.15, 0.2) is 0 Å². The fourth-order valence-corrected chi connectivity index (χ4v) is 4.40. The van der Waals surface area contributed by atoms with Crippen molar-refractivity contribution in [1.29, 1.82) is 0 Å². The van der Waals surface area contributed by atoms with Crippen molar-refractivity contribution >= 4 is 39.7 Å². The fraction of sp³-hybridized carbons (Fsp3) is 0.138. The Labute approximate surface area is 219 Å². The van der Waals surface area contributed by atoms with Gasteiger partial charge in [0.25, 0.3) is 0 Å². The van der Waals surface area contributed by atoms with Crippen LogP contribution >= 0.6 is 23.5 Å². The molecule has 0 spiro atoms. The van der Waals surface area contributed by atoms with E-state index in [1.165, 1.54) is 6.08 Å². The maximum atomic E-state index is 12.6. The van der Waals surface area contributed by atoms with Crippen molar-refractivity contribution in [3.05, 3.63) is 104 Å². The van der Waals surface area contributed by atoms with Crippen LogP contribution in [0.3, 0.4) is 0 Å². The summed E-state index contributed by atoms with van der Waals surface area (Å²) in [6.45, 7) is 7.71. The number of rotatable bonds is 12. The van der Waals surface area contributed by atoms with Gasteiger partial charge in [0.1, 0.15) is 5.75 Å². The van der Waals surface area contributed by atoms with E-state index < -0.39 is 5.97 Å². The number of hydrogen-bond acceptors (Lipinski definition) is 7. The second-order valence-electron chi connectivity index (χ2n) is 7.52. The molecule has 0 radical (unpaired) electrons. The summed E-state index contributed by atoms with van der Waals surface area (Å²) in [4.78, 5) is 36.7. The highest BCUT2D eigenvalue weighted by molar-refractivity contribution is 8.14. The van der Waals surface area contributed by atoms with Crippen LogP contribution in [0.2, 0.25) is 0 Å². The SMILES string of the molecule is C=CC(=O)OCCCCOc1ccc(-c2ccc(SC(=O)c3ccc(SC(=O)C=C)cc3)cc2)cc1. The summed E-state index contributed by atoms with van der Waals surface area (Å²) in [5, 5.41) is -0.193. The molecule has 0 aliphatic rings. The molecule has 0 aromatic heterocycles. The van der Waals surface area contributed by atoms with Crippen molar-refractivity contribution in [3.63, 3.8) is 0 Å². The lowest BCUT2D eigenvalue weighted by Gasteiger charge is -2.08. The highest BCUT2D eigenvalue weighted by atomic mass is 32.2. The number of thioether (sulfide) groups is 2. The van der Waals surface area contributed by atoms with Crippen molar-refractivity contribution in [2.45, 2.75) is 22.6 Å². The van der Waals surface area contributed by atoms with Crippen molar-refractivity contribution in [2.75, 3.05) is 13.2 Å². The molecule has 0 unspecified atom stereocenters. The maximum absolute atomic E-state index is 12.6. The van der Waals surface area contributed by atoms with Gasteiger partial charge in [-0.05, 0) is 102 Å². The molecule has 3 rings (SSSR count). The molecule has 0 N–H and O–H groups in total. The number of benzene rings is 3.